The van der Waals surface area contributed by atoms with Crippen molar-refractivity contribution in [2.75, 3.05) is 6.61 Å². The van der Waals surface area contributed by atoms with Gasteiger partial charge in [-0.25, -0.2) is 0 Å². The Labute approximate surface area is 287 Å². The molecule has 6 saturated carbocycles. The maximum atomic E-state index is 13.3. The van der Waals surface area contributed by atoms with E-state index in [0.717, 1.165) is 50.0 Å². The minimum atomic E-state index is -0.496. The number of ether oxygens (including phenoxy) is 2. The van der Waals surface area contributed by atoms with Crippen LogP contribution in [0.2, 0.25) is 0 Å². The van der Waals surface area contributed by atoms with Crippen LogP contribution in [-0.4, -0.2) is 24.6 Å². The molecule has 6 fully saturated rings. The molecule has 0 aromatic rings. The normalized spacial score (nSPS) is 42.1. The maximum Gasteiger partial charge on any atom is 0.317 e. The fourth-order valence-corrected chi connectivity index (χ4v) is 13.8. The van der Waals surface area contributed by atoms with Crippen molar-refractivity contribution in [3.05, 3.63) is 36.0 Å². The minimum absolute atomic E-state index is 0.0216. The third kappa shape index (κ3) is 6.02. The number of rotatable bonds is 8. The first-order valence-corrected chi connectivity index (χ1v) is 19.4. The molecular formula is C43H66O4. The summed E-state index contributed by atoms with van der Waals surface area (Å²) in [6.07, 6.45) is 19.5. The lowest BCUT2D eigenvalue weighted by Crippen LogP contribution is -2.58. The highest BCUT2D eigenvalue weighted by molar-refractivity contribution is 5.91. The molecule has 0 aromatic heterocycles. The van der Waals surface area contributed by atoms with Gasteiger partial charge in [-0.15, -0.1) is 0 Å². The van der Waals surface area contributed by atoms with Crippen LogP contribution in [0.5, 0.6) is 0 Å². The molecule has 4 nitrogen and oxygen atoms in total. The molecule has 0 aliphatic heterocycles. The second-order valence-electron chi connectivity index (χ2n) is 19.2. The van der Waals surface area contributed by atoms with Crippen molar-refractivity contribution in [2.45, 2.75) is 157 Å². The van der Waals surface area contributed by atoms with Crippen LogP contribution in [0.15, 0.2) is 36.0 Å². The molecule has 0 unspecified atom stereocenters. The van der Waals surface area contributed by atoms with E-state index >= 15 is 0 Å². The number of carbonyl (C=O) groups is 2. The molecule has 0 saturated heterocycles. The van der Waals surface area contributed by atoms with Gasteiger partial charge < -0.3 is 9.47 Å². The van der Waals surface area contributed by atoms with Crippen molar-refractivity contribution >= 4 is 11.9 Å². The first-order chi connectivity index (χ1) is 22.0. The Balaban J connectivity index is 1.02. The number of esters is 2. The number of allylic oxidation sites excluding steroid dienone is 2. The summed E-state index contributed by atoms with van der Waals surface area (Å²) in [6, 6.07) is 0. The first-order valence-electron chi connectivity index (χ1n) is 19.4. The maximum absolute atomic E-state index is 13.3. The van der Waals surface area contributed by atoms with E-state index in [1.807, 2.05) is 6.08 Å². The van der Waals surface area contributed by atoms with Crippen LogP contribution in [0.4, 0.5) is 0 Å². The van der Waals surface area contributed by atoms with Gasteiger partial charge in [-0.2, -0.15) is 0 Å². The molecule has 4 heteroatoms. The molecule has 47 heavy (non-hydrogen) atoms. The summed E-state index contributed by atoms with van der Waals surface area (Å²) >= 11 is 0. The smallest absolute Gasteiger partial charge is 0.317 e. The Hall–Kier alpha value is -1.84. The Morgan fingerprint density at radius 3 is 2.17 bits per heavy atom. The summed E-state index contributed by atoms with van der Waals surface area (Å²) in [5, 5.41) is 0. The van der Waals surface area contributed by atoms with Crippen LogP contribution in [-0.2, 0) is 19.1 Å². The highest BCUT2D eigenvalue weighted by Crippen LogP contribution is 2.72. The summed E-state index contributed by atoms with van der Waals surface area (Å²) in [4.78, 5) is 26.1. The molecule has 6 aliphatic carbocycles. The summed E-state index contributed by atoms with van der Waals surface area (Å²) in [5.41, 5.74) is 5.13. The topological polar surface area (TPSA) is 52.6 Å². The average molecular weight is 647 g/mol. The van der Waals surface area contributed by atoms with E-state index in [0.29, 0.717) is 39.9 Å². The predicted octanol–water partition coefficient (Wildman–Crippen LogP) is 11.0. The second-order valence-corrected chi connectivity index (χ2v) is 19.2. The molecule has 0 aromatic carbocycles. The minimum Gasteiger partial charge on any atom is -0.461 e. The van der Waals surface area contributed by atoms with Gasteiger partial charge >= 0.3 is 11.9 Å². The van der Waals surface area contributed by atoms with Crippen molar-refractivity contribution in [1.82, 2.24) is 0 Å². The summed E-state index contributed by atoms with van der Waals surface area (Å²) in [6.45, 7) is 26.4. The lowest BCUT2D eigenvalue weighted by molar-refractivity contribution is -0.186. The number of fused-ring (bicyclic) bond motifs is 4. The van der Waals surface area contributed by atoms with Gasteiger partial charge in [-0.05, 0) is 153 Å². The van der Waals surface area contributed by atoms with Gasteiger partial charge in [0, 0.05) is 5.41 Å². The third-order valence-corrected chi connectivity index (χ3v) is 15.8. The zero-order chi connectivity index (χ0) is 34.0. The second kappa shape index (κ2) is 12.5. The molecular weight excluding hydrogens is 580 g/mol. The van der Waals surface area contributed by atoms with Crippen LogP contribution in [0.25, 0.3) is 0 Å². The van der Waals surface area contributed by atoms with Gasteiger partial charge in [-0.3, -0.25) is 9.59 Å². The van der Waals surface area contributed by atoms with E-state index in [1.54, 1.807) is 0 Å². The van der Waals surface area contributed by atoms with Crippen LogP contribution < -0.4 is 0 Å². The number of hydrogen-bond donors (Lipinski definition) is 0. The highest BCUT2D eigenvalue weighted by Gasteiger charge is 2.67. The molecule has 0 amide bonds. The van der Waals surface area contributed by atoms with Gasteiger partial charge in [0.25, 0.3) is 0 Å². The molecule has 262 valence electrons. The number of carbonyl (C=O) groups excluding carboxylic acids is 2. The van der Waals surface area contributed by atoms with Crippen molar-refractivity contribution < 1.29 is 19.1 Å². The van der Waals surface area contributed by atoms with Crippen LogP contribution in [0.1, 0.15) is 151 Å². The van der Waals surface area contributed by atoms with Gasteiger partial charge in [0.1, 0.15) is 19.1 Å². The predicted molar refractivity (Wildman–Crippen MR) is 190 cm³/mol. The summed E-state index contributed by atoms with van der Waals surface area (Å²) < 4.78 is 11.9. The zero-order valence-corrected chi connectivity index (χ0v) is 31.1. The monoisotopic (exact) mass is 646 g/mol. The highest BCUT2D eigenvalue weighted by atomic mass is 16.6. The van der Waals surface area contributed by atoms with Crippen molar-refractivity contribution in [1.29, 1.82) is 0 Å². The summed E-state index contributed by atoms with van der Waals surface area (Å²) in [7, 11) is 0. The molecule has 6 rings (SSSR count). The average Bonchev–Trinajstić information content (AvgIpc) is 3.15. The van der Waals surface area contributed by atoms with Crippen LogP contribution in [0.3, 0.4) is 0 Å². The Bertz CT molecular complexity index is 1300. The third-order valence-electron chi connectivity index (χ3n) is 15.8. The lowest BCUT2D eigenvalue weighted by atomic mass is 9.41. The van der Waals surface area contributed by atoms with E-state index in [1.165, 1.54) is 68.9 Å². The Morgan fingerprint density at radius 2 is 1.47 bits per heavy atom. The fourth-order valence-electron chi connectivity index (χ4n) is 13.8. The quantitative estimate of drug-likeness (QED) is 0.150. The Morgan fingerprint density at radius 1 is 0.809 bits per heavy atom. The van der Waals surface area contributed by atoms with Crippen LogP contribution in [0, 0.1) is 56.7 Å². The van der Waals surface area contributed by atoms with E-state index < -0.39 is 11.9 Å². The summed E-state index contributed by atoms with van der Waals surface area (Å²) in [5.74, 6) is 2.06. The van der Waals surface area contributed by atoms with E-state index in [-0.39, 0.29) is 30.0 Å². The zero-order valence-electron chi connectivity index (χ0n) is 31.1. The molecule has 0 heterocycles. The van der Waals surface area contributed by atoms with Crippen molar-refractivity contribution in [3.8, 4) is 0 Å². The van der Waals surface area contributed by atoms with Gasteiger partial charge in [0.2, 0.25) is 0 Å². The molecule has 9 atom stereocenters. The van der Waals surface area contributed by atoms with E-state index in [2.05, 4.69) is 61.6 Å². The first kappa shape index (κ1) is 35.0. The molecule has 0 N–H and O–H groups in total. The van der Waals surface area contributed by atoms with E-state index in [4.69, 9.17) is 9.47 Å². The molecule has 2 bridgehead atoms. The molecule has 0 radical (unpaired) electrons. The largest absolute Gasteiger partial charge is 0.461 e. The molecule has 6 aliphatic rings. The van der Waals surface area contributed by atoms with Crippen LogP contribution >= 0.6 is 0 Å². The fraction of sp³-hybridized carbons (Fsp3) is 0.814. The standard InChI is InChI=1S/C43H66O4/c1-28(12-15-32-29(2)13-16-33-39(4,5)20-10-22-41(32,33)8)19-25-46-36(44)26-37(45)47-38-30(3)31-14-17-35-42(9)23-11-21-40(6,7)34(42)18-24-43(35,38)27-31/h19,31-35,38H,2-3,10-18,20-27H2,1,4-9H3/b28-19+/t31-,32-,33-,34-,35+,38-,41+,42-,43-/m1/s1. The van der Waals surface area contributed by atoms with Gasteiger partial charge in [0.15, 0.2) is 0 Å². The molecule has 1 spiro atoms. The number of hydrogen-bond acceptors (Lipinski definition) is 4. The SMILES string of the molecule is C=C1CC[C@@H]2C(C)(C)CCC[C@@]2(C)[C@@H]1CC/C(C)=C/COC(=O)CC(=O)O[C@@H]1C(=C)[C@@H]2CC[C@H]3[C@]4(C)CCCC(C)(C)[C@H]4CC[C@]13C2. The van der Waals surface area contributed by atoms with E-state index in [9.17, 15) is 9.59 Å². The lowest BCUT2D eigenvalue weighted by Gasteiger charge is -2.64. The Kier molecular flexibility index (Phi) is 9.30. The van der Waals surface area contributed by atoms with Gasteiger partial charge in [-0.1, -0.05) is 78.7 Å². The van der Waals surface area contributed by atoms with Gasteiger partial charge in [0.05, 0.1) is 0 Å². The van der Waals surface area contributed by atoms with Crippen molar-refractivity contribution in [2.24, 2.45) is 56.7 Å². The van der Waals surface area contributed by atoms with Crippen molar-refractivity contribution in [3.63, 3.8) is 0 Å².